The number of nitrogens with one attached hydrogen (secondary N) is 1. The molecule has 1 unspecified atom stereocenters. The number of nitrogens with two attached hydrogens (primary N) is 1. The van der Waals surface area contributed by atoms with Gasteiger partial charge in [0.2, 0.25) is 0 Å². The predicted molar refractivity (Wildman–Crippen MR) is 74.5 cm³/mol. The van der Waals surface area contributed by atoms with Crippen LogP contribution in [0.1, 0.15) is 16.6 Å². The molecule has 0 aliphatic rings. The molecule has 0 aromatic carbocycles. The first-order valence-electron chi connectivity index (χ1n) is 5.54. The third-order valence-electron chi connectivity index (χ3n) is 2.77. The Hall–Kier alpha value is -1.28. The molecule has 0 radical (unpaired) electrons. The number of hydrogen-bond acceptors (Lipinski definition) is 6. The number of thiophene rings is 2. The first-order valence-corrected chi connectivity index (χ1v) is 7.24. The molecule has 5 nitrogen and oxygen atoms in total. The minimum absolute atomic E-state index is 0.0892. The zero-order valence-corrected chi connectivity index (χ0v) is 11.5. The molecule has 3 aromatic rings. The van der Waals surface area contributed by atoms with E-state index in [1.165, 1.54) is 14.3 Å². The molecule has 7 heteroatoms. The van der Waals surface area contributed by atoms with Crippen molar-refractivity contribution in [2.45, 2.75) is 12.5 Å². The van der Waals surface area contributed by atoms with E-state index in [4.69, 9.17) is 5.84 Å². The summed E-state index contributed by atoms with van der Waals surface area (Å²) in [6, 6.07) is 4.43. The van der Waals surface area contributed by atoms with Crippen LogP contribution < -0.4 is 11.3 Å². The fraction of sp³-hybridized carbons (Fsp3) is 0.273. The Bertz CT molecular complexity index is 625. The Labute approximate surface area is 112 Å². The highest BCUT2D eigenvalue weighted by molar-refractivity contribution is 7.26. The Morgan fingerprint density at radius 3 is 3.06 bits per heavy atom. The van der Waals surface area contributed by atoms with Crippen LogP contribution in [0, 0.1) is 0 Å². The largest absolute Gasteiger partial charge is 0.271 e. The fourth-order valence-electron chi connectivity index (χ4n) is 1.90. The van der Waals surface area contributed by atoms with Gasteiger partial charge in [0.05, 0.1) is 11.7 Å². The molecule has 0 saturated carbocycles. The van der Waals surface area contributed by atoms with Crippen molar-refractivity contribution in [2.75, 3.05) is 0 Å². The van der Waals surface area contributed by atoms with Gasteiger partial charge in [-0.1, -0.05) is 5.21 Å². The summed E-state index contributed by atoms with van der Waals surface area (Å²) in [6.07, 6.45) is 2.67. The standard InChI is InChI=1S/C11H13N5S2/c1-16-6-7(14-15-16)4-8(13-12)10-5-11-9(18-10)2-3-17-11/h2-3,5-6,8,13H,4,12H2,1H3. The average molecular weight is 279 g/mol. The summed E-state index contributed by atoms with van der Waals surface area (Å²) in [6.45, 7) is 0. The van der Waals surface area contributed by atoms with Crippen LogP contribution in [0.3, 0.4) is 0 Å². The second kappa shape index (κ2) is 4.77. The van der Waals surface area contributed by atoms with Crippen LogP contribution in [-0.2, 0) is 13.5 Å². The van der Waals surface area contributed by atoms with Crippen molar-refractivity contribution < 1.29 is 0 Å². The third kappa shape index (κ3) is 2.17. The third-order valence-corrected chi connectivity index (χ3v) is 4.97. The lowest BCUT2D eigenvalue weighted by Crippen LogP contribution is -2.29. The number of aryl methyl sites for hydroxylation is 1. The van der Waals surface area contributed by atoms with Crippen LogP contribution in [0.4, 0.5) is 0 Å². The SMILES string of the molecule is Cn1cc(CC(NN)c2cc3sccc3s2)nn1. The number of rotatable bonds is 4. The van der Waals surface area contributed by atoms with Gasteiger partial charge in [0.1, 0.15) is 0 Å². The molecule has 0 spiro atoms. The van der Waals surface area contributed by atoms with Crippen molar-refractivity contribution in [3.8, 4) is 0 Å². The second-order valence-electron chi connectivity index (χ2n) is 4.10. The highest BCUT2D eigenvalue weighted by atomic mass is 32.1. The van der Waals surface area contributed by atoms with Crippen molar-refractivity contribution in [1.82, 2.24) is 20.4 Å². The van der Waals surface area contributed by atoms with Gasteiger partial charge in [-0.2, -0.15) is 0 Å². The molecule has 3 rings (SSSR count). The Kier molecular flexibility index (Phi) is 3.13. The molecule has 0 fully saturated rings. The highest BCUT2D eigenvalue weighted by Gasteiger charge is 2.16. The van der Waals surface area contributed by atoms with Gasteiger partial charge in [0, 0.05) is 33.9 Å². The van der Waals surface area contributed by atoms with Crippen molar-refractivity contribution in [3.05, 3.63) is 34.3 Å². The molecule has 0 aliphatic carbocycles. The molecule has 3 heterocycles. The molecule has 0 aliphatic heterocycles. The Morgan fingerprint density at radius 2 is 2.39 bits per heavy atom. The molecule has 0 amide bonds. The first kappa shape index (κ1) is 11.8. The molecule has 0 bridgehead atoms. The zero-order valence-electron chi connectivity index (χ0n) is 9.83. The number of aromatic nitrogens is 3. The van der Waals surface area contributed by atoms with Crippen molar-refractivity contribution >= 4 is 32.1 Å². The summed E-state index contributed by atoms with van der Waals surface area (Å²) >= 11 is 3.53. The van der Waals surface area contributed by atoms with E-state index in [2.05, 4.69) is 33.3 Å². The maximum Gasteiger partial charge on any atom is 0.0846 e. The minimum atomic E-state index is 0.0892. The molecule has 3 aromatic heterocycles. The van der Waals surface area contributed by atoms with Crippen LogP contribution in [0.15, 0.2) is 23.7 Å². The topological polar surface area (TPSA) is 68.8 Å². The molecule has 0 saturated heterocycles. The maximum atomic E-state index is 5.66. The Morgan fingerprint density at radius 1 is 1.50 bits per heavy atom. The van der Waals surface area contributed by atoms with Crippen molar-refractivity contribution in [3.63, 3.8) is 0 Å². The summed E-state index contributed by atoms with van der Waals surface area (Å²) in [5.74, 6) is 5.66. The number of nitrogens with zero attached hydrogens (tertiary/aromatic N) is 3. The smallest absolute Gasteiger partial charge is 0.0846 e. The summed E-state index contributed by atoms with van der Waals surface area (Å²) in [5, 5.41) is 10.1. The van der Waals surface area contributed by atoms with Crippen LogP contribution in [0.2, 0.25) is 0 Å². The van der Waals surface area contributed by atoms with Crippen LogP contribution in [0.25, 0.3) is 9.40 Å². The Balaban J connectivity index is 1.85. The average Bonchev–Trinajstić information content (AvgIpc) is 3.00. The summed E-state index contributed by atoms with van der Waals surface area (Å²) in [7, 11) is 1.86. The van der Waals surface area contributed by atoms with E-state index >= 15 is 0 Å². The van der Waals surface area contributed by atoms with Crippen molar-refractivity contribution in [1.29, 1.82) is 0 Å². The van der Waals surface area contributed by atoms with Gasteiger partial charge in [-0.3, -0.25) is 16.0 Å². The molecule has 1 atom stereocenters. The molecule has 18 heavy (non-hydrogen) atoms. The predicted octanol–water partition coefficient (Wildman–Crippen LogP) is 1.84. The maximum absolute atomic E-state index is 5.66. The summed E-state index contributed by atoms with van der Waals surface area (Å²) < 4.78 is 4.33. The number of hydrazine groups is 1. The normalized spacial score (nSPS) is 13.2. The lowest BCUT2D eigenvalue weighted by atomic mass is 10.1. The molecular weight excluding hydrogens is 266 g/mol. The van der Waals surface area contributed by atoms with Crippen LogP contribution >= 0.6 is 22.7 Å². The number of fused-ring (bicyclic) bond motifs is 1. The molecular formula is C11H13N5S2. The van der Waals surface area contributed by atoms with Gasteiger partial charge < -0.3 is 0 Å². The van der Waals surface area contributed by atoms with E-state index in [-0.39, 0.29) is 6.04 Å². The van der Waals surface area contributed by atoms with Gasteiger partial charge >= 0.3 is 0 Å². The van der Waals surface area contributed by atoms with Gasteiger partial charge in [-0.25, -0.2) is 0 Å². The van der Waals surface area contributed by atoms with E-state index < -0.39 is 0 Å². The summed E-state index contributed by atoms with van der Waals surface area (Å²) in [4.78, 5) is 1.24. The zero-order chi connectivity index (χ0) is 12.5. The summed E-state index contributed by atoms with van der Waals surface area (Å²) in [5.41, 5.74) is 3.81. The van der Waals surface area contributed by atoms with Crippen molar-refractivity contribution in [2.24, 2.45) is 12.9 Å². The van der Waals surface area contributed by atoms with Crippen LogP contribution in [-0.4, -0.2) is 15.0 Å². The van der Waals surface area contributed by atoms with E-state index in [0.29, 0.717) is 0 Å². The van der Waals surface area contributed by atoms with Gasteiger partial charge in [-0.05, 0) is 17.5 Å². The lowest BCUT2D eigenvalue weighted by molar-refractivity contribution is 0.554. The van der Waals surface area contributed by atoms with Crippen LogP contribution in [0.5, 0.6) is 0 Å². The first-order chi connectivity index (χ1) is 8.76. The molecule has 94 valence electrons. The van der Waals surface area contributed by atoms with E-state index in [9.17, 15) is 0 Å². The molecule has 3 N–H and O–H groups in total. The lowest BCUT2D eigenvalue weighted by Gasteiger charge is -2.11. The van der Waals surface area contributed by atoms with Gasteiger partial charge in [0.15, 0.2) is 0 Å². The van der Waals surface area contributed by atoms with Gasteiger partial charge in [0.25, 0.3) is 0 Å². The fourth-order valence-corrected chi connectivity index (χ4v) is 4.08. The van der Waals surface area contributed by atoms with E-state index in [1.54, 1.807) is 27.4 Å². The quantitative estimate of drug-likeness (QED) is 0.565. The number of hydrogen-bond donors (Lipinski definition) is 2. The van der Waals surface area contributed by atoms with E-state index in [1.807, 2.05) is 13.2 Å². The van der Waals surface area contributed by atoms with Gasteiger partial charge in [-0.15, -0.1) is 27.8 Å². The highest BCUT2D eigenvalue weighted by Crippen LogP contribution is 2.34. The van der Waals surface area contributed by atoms with E-state index in [0.717, 1.165) is 12.1 Å². The minimum Gasteiger partial charge on any atom is -0.271 e. The second-order valence-corrected chi connectivity index (χ2v) is 6.17. The monoisotopic (exact) mass is 279 g/mol.